The van der Waals surface area contributed by atoms with Crippen molar-refractivity contribution in [2.45, 2.75) is 53.1 Å². The number of hydrogen-bond acceptors (Lipinski definition) is 2. The van der Waals surface area contributed by atoms with Crippen molar-refractivity contribution in [3.05, 3.63) is 17.5 Å². The fraction of sp³-hybridized carbons (Fsp3) is 0.750. The Morgan fingerprint density at radius 2 is 2.13 bits per heavy atom. The minimum atomic E-state index is 0.459. The van der Waals surface area contributed by atoms with E-state index in [1.807, 2.05) is 0 Å². The van der Waals surface area contributed by atoms with Gasteiger partial charge in [0.2, 0.25) is 0 Å². The molecule has 1 N–H and O–H groups in total. The van der Waals surface area contributed by atoms with Gasteiger partial charge in [-0.3, -0.25) is 4.68 Å². The number of rotatable bonds is 6. The van der Waals surface area contributed by atoms with E-state index in [9.17, 15) is 0 Å². The molecule has 0 spiro atoms. The maximum atomic E-state index is 4.49. The lowest BCUT2D eigenvalue weighted by Gasteiger charge is -2.18. The van der Waals surface area contributed by atoms with Crippen LogP contribution in [0.4, 0.5) is 0 Å². The molecule has 0 amide bonds. The average Bonchev–Trinajstić information content (AvgIpc) is 2.59. The van der Waals surface area contributed by atoms with Crippen LogP contribution in [0.2, 0.25) is 0 Å². The highest BCUT2D eigenvalue weighted by Gasteiger charge is 2.14. The lowest BCUT2D eigenvalue weighted by Crippen LogP contribution is -2.23. The summed E-state index contributed by atoms with van der Waals surface area (Å²) < 4.78 is 2.11. The Morgan fingerprint density at radius 3 is 2.67 bits per heavy atom. The average molecular weight is 209 g/mol. The Labute approximate surface area is 92.9 Å². The van der Waals surface area contributed by atoms with Crippen LogP contribution in [0.3, 0.4) is 0 Å². The molecule has 0 aliphatic heterocycles. The summed E-state index contributed by atoms with van der Waals surface area (Å²) in [7, 11) is 0. The molecule has 0 bridgehead atoms. The summed E-state index contributed by atoms with van der Waals surface area (Å²) in [6, 6.07) is 2.66. The van der Waals surface area contributed by atoms with Crippen LogP contribution < -0.4 is 5.32 Å². The molecule has 0 saturated carbocycles. The summed E-state index contributed by atoms with van der Waals surface area (Å²) in [5.41, 5.74) is 2.45. The van der Waals surface area contributed by atoms with E-state index in [-0.39, 0.29) is 0 Å². The first-order valence-corrected chi connectivity index (χ1v) is 6.00. The van der Waals surface area contributed by atoms with Crippen molar-refractivity contribution in [2.24, 2.45) is 0 Å². The summed E-state index contributed by atoms with van der Waals surface area (Å²) in [5.74, 6) is 0. The Hall–Kier alpha value is -0.830. The topological polar surface area (TPSA) is 29.9 Å². The molecule has 1 aromatic heterocycles. The highest BCUT2D eigenvalue weighted by atomic mass is 15.3. The molecule has 1 atom stereocenters. The van der Waals surface area contributed by atoms with E-state index < -0.39 is 0 Å². The first-order valence-electron chi connectivity index (χ1n) is 6.00. The highest BCUT2D eigenvalue weighted by Crippen LogP contribution is 2.19. The van der Waals surface area contributed by atoms with Gasteiger partial charge in [-0.25, -0.2) is 0 Å². The monoisotopic (exact) mass is 209 g/mol. The van der Waals surface area contributed by atoms with Crippen LogP contribution in [-0.2, 0) is 6.54 Å². The molecule has 3 heteroatoms. The largest absolute Gasteiger partial charge is 0.309 e. The number of aromatic nitrogens is 2. The van der Waals surface area contributed by atoms with Crippen molar-refractivity contribution in [1.29, 1.82) is 0 Å². The quantitative estimate of drug-likeness (QED) is 0.780. The number of aryl methyl sites for hydroxylation is 2. The molecule has 1 unspecified atom stereocenters. The fourth-order valence-corrected chi connectivity index (χ4v) is 1.99. The van der Waals surface area contributed by atoms with Crippen LogP contribution >= 0.6 is 0 Å². The van der Waals surface area contributed by atoms with Gasteiger partial charge >= 0.3 is 0 Å². The van der Waals surface area contributed by atoms with E-state index in [2.05, 4.69) is 48.9 Å². The summed E-state index contributed by atoms with van der Waals surface area (Å²) in [6.45, 7) is 10.6. The lowest BCUT2D eigenvalue weighted by atomic mass is 10.1. The van der Waals surface area contributed by atoms with E-state index in [1.165, 1.54) is 18.5 Å². The van der Waals surface area contributed by atoms with Crippen LogP contribution in [0.25, 0.3) is 0 Å². The third kappa shape index (κ3) is 3.06. The van der Waals surface area contributed by atoms with E-state index in [0.29, 0.717) is 6.04 Å². The van der Waals surface area contributed by atoms with Crippen LogP contribution in [-0.4, -0.2) is 16.3 Å². The second kappa shape index (κ2) is 5.91. The van der Waals surface area contributed by atoms with Crippen molar-refractivity contribution >= 4 is 0 Å². The van der Waals surface area contributed by atoms with Crippen molar-refractivity contribution in [1.82, 2.24) is 15.1 Å². The molecule has 0 aliphatic rings. The second-order valence-corrected chi connectivity index (χ2v) is 3.93. The van der Waals surface area contributed by atoms with Gasteiger partial charge in [-0.15, -0.1) is 0 Å². The zero-order valence-corrected chi connectivity index (χ0v) is 10.4. The Morgan fingerprint density at radius 1 is 1.40 bits per heavy atom. The minimum Gasteiger partial charge on any atom is -0.309 e. The predicted octanol–water partition coefficient (Wildman–Crippen LogP) is 2.66. The van der Waals surface area contributed by atoms with Crippen molar-refractivity contribution in [2.75, 3.05) is 6.54 Å². The standard InChI is InChI=1S/C12H23N3/c1-5-8-11(13-6-2)12-9-10(4)14-15(12)7-3/h9,11,13H,5-8H2,1-4H3. The molecular weight excluding hydrogens is 186 g/mol. The van der Waals surface area contributed by atoms with Gasteiger partial charge in [0.1, 0.15) is 0 Å². The van der Waals surface area contributed by atoms with Crippen molar-refractivity contribution in [3.8, 4) is 0 Å². The molecule has 1 heterocycles. The molecule has 0 fully saturated rings. The van der Waals surface area contributed by atoms with Gasteiger partial charge < -0.3 is 5.32 Å². The smallest absolute Gasteiger partial charge is 0.0597 e. The molecular formula is C12H23N3. The number of nitrogens with one attached hydrogen (secondary N) is 1. The first-order chi connectivity index (χ1) is 7.22. The molecule has 1 aromatic rings. The zero-order valence-electron chi connectivity index (χ0n) is 10.4. The van der Waals surface area contributed by atoms with Gasteiger partial charge in [0, 0.05) is 12.6 Å². The molecule has 1 rings (SSSR count). The Bertz CT molecular complexity index is 285. The predicted molar refractivity (Wildman–Crippen MR) is 64.0 cm³/mol. The van der Waals surface area contributed by atoms with E-state index >= 15 is 0 Å². The Balaban J connectivity index is 2.87. The lowest BCUT2D eigenvalue weighted by molar-refractivity contribution is 0.462. The van der Waals surface area contributed by atoms with Crippen molar-refractivity contribution < 1.29 is 0 Å². The molecule has 15 heavy (non-hydrogen) atoms. The minimum absolute atomic E-state index is 0.459. The maximum Gasteiger partial charge on any atom is 0.0597 e. The van der Waals surface area contributed by atoms with Crippen LogP contribution in [0.5, 0.6) is 0 Å². The van der Waals surface area contributed by atoms with Gasteiger partial charge in [0.15, 0.2) is 0 Å². The summed E-state index contributed by atoms with van der Waals surface area (Å²) in [4.78, 5) is 0. The summed E-state index contributed by atoms with van der Waals surface area (Å²) in [5, 5.41) is 8.02. The first kappa shape index (κ1) is 12.2. The molecule has 86 valence electrons. The molecule has 3 nitrogen and oxygen atoms in total. The van der Waals surface area contributed by atoms with Gasteiger partial charge in [-0.1, -0.05) is 20.3 Å². The van der Waals surface area contributed by atoms with E-state index in [4.69, 9.17) is 0 Å². The molecule has 0 aliphatic carbocycles. The third-order valence-electron chi connectivity index (χ3n) is 2.62. The Kier molecular flexibility index (Phi) is 4.82. The summed E-state index contributed by atoms with van der Waals surface area (Å²) >= 11 is 0. The van der Waals surface area contributed by atoms with Crippen LogP contribution in [0.1, 0.15) is 51.0 Å². The zero-order chi connectivity index (χ0) is 11.3. The van der Waals surface area contributed by atoms with Crippen LogP contribution in [0.15, 0.2) is 6.07 Å². The fourth-order valence-electron chi connectivity index (χ4n) is 1.99. The van der Waals surface area contributed by atoms with Gasteiger partial charge in [0.25, 0.3) is 0 Å². The molecule has 0 saturated heterocycles. The normalized spacial score (nSPS) is 13.1. The maximum absolute atomic E-state index is 4.49. The SMILES string of the molecule is CCCC(NCC)c1cc(C)nn1CC. The number of nitrogens with zero attached hydrogens (tertiary/aromatic N) is 2. The van der Waals surface area contributed by atoms with Gasteiger partial charge in [0.05, 0.1) is 11.4 Å². The van der Waals surface area contributed by atoms with Crippen molar-refractivity contribution in [3.63, 3.8) is 0 Å². The molecule has 0 aromatic carbocycles. The van der Waals surface area contributed by atoms with E-state index in [1.54, 1.807) is 0 Å². The van der Waals surface area contributed by atoms with E-state index in [0.717, 1.165) is 18.8 Å². The van der Waals surface area contributed by atoms with Gasteiger partial charge in [-0.2, -0.15) is 5.10 Å². The third-order valence-corrected chi connectivity index (χ3v) is 2.62. The summed E-state index contributed by atoms with van der Waals surface area (Å²) in [6.07, 6.45) is 2.38. The second-order valence-electron chi connectivity index (χ2n) is 3.93. The van der Waals surface area contributed by atoms with Crippen LogP contribution in [0, 0.1) is 6.92 Å². The van der Waals surface area contributed by atoms with Gasteiger partial charge in [-0.05, 0) is 32.9 Å². The molecule has 0 radical (unpaired) electrons. The number of hydrogen-bond donors (Lipinski definition) is 1. The highest BCUT2D eigenvalue weighted by molar-refractivity contribution is 5.13.